The van der Waals surface area contributed by atoms with E-state index < -0.39 is 50.4 Å². The second-order valence-electron chi connectivity index (χ2n) is 9.56. The van der Waals surface area contributed by atoms with Gasteiger partial charge in [0.15, 0.2) is 9.04 Å². The molecule has 182 valence electrons. The maximum Gasteiger partial charge on any atom is 0.404 e. The first-order valence-electron chi connectivity index (χ1n) is 11.6. The molecule has 2 rings (SSSR count). The maximum absolute atomic E-state index is 13.2. The summed E-state index contributed by atoms with van der Waals surface area (Å²) in [5.74, 6) is 0. The number of amides is 1. The van der Waals surface area contributed by atoms with Gasteiger partial charge in [-0.15, -0.1) is 4.39 Å². The van der Waals surface area contributed by atoms with Crippen molar-refractivity contribution in [1.82, 2.24) is 0 Å². The van der Waals surface area contributed by atoms with Crippen LogP contribution in [0.5, 0.6) is 0 Å². The molecule has 1 saturated heterocycles. The molecule has 0 spiro atoms. The van der Waals surface area contributed by atoms with E-state index in [9.17, 15) is 9.18 Å². The molecule has 1 heterocycles. The van der Waals surface area contributed by atoms with Crippen molar-refractivity contribution in [2.45, 2.75) is 70.3 Å². The number of rotatable bonds is 5. The normalized spacial score (nSPS) is 28.4. The molecule has 0 bridgehead atoms. The van der Waals surface area contributed by atoms with Crippen LogP contribution in [0.3, 0.4) is 0 Å². The van der Waals surface area contributed by atoms with Crippen LogP contribution in [-0.2, 0) is 16.8 Å². The minimum atomic E-state index is -2.39. The zero-order valence-corrected chi connectivity index (χ0v) is 26.1. The molecule has 6 nitrogen and oxygen atoms in total. The Hall–Kier alpha value is -0.456. The first kappa shape index (κ1) is 27.8. The molecule has 0 N–H and O–H groups in total. The van der Waals surface area contributed by atoms with E-state index >= 15 is 0 Å². The molecule has 1 amide bonds. The van der Waals surface area contributed by atoms with Crippen molar-refractivity contribution >= 4 is 61.3 Å². The second kappa shape index (κ2) is 12.3. The smallest absolute Gasteiger partial charge is 0.404 e. The number of benzene rings is 1. The minimum Gasteiger partial charge on any atom is -0.441 e. The Bertz CT molecular complexity index is 761. The Kier molecular flexibility index (Phi) is 10.7. The number of nitrogens with zero attached hydrogens (tertiary/aromatic N) is 1. The summed E-state index contributed by atoms with van der Waals surface area (Å²) in [5.41, 5.74) is 0.587. The summed E-state index contributed by atoms with van der Waals surface area (Å²) in [6.45, 7) is 14.0. The molecule has 0 aliphatic carbocycles. The Labute approximate surface area is 200 Å². The lowest BCUT2D eigenvalue weighted by molar-refractivity contribution is 0.224. The van der Waals surface area contributed by atoms with Crippen LogP contribution < -0.4 is 10.1 Å². The molecule has 1 aromatic rings. The summed E-state index contributed by atoms with van der Waals surface area (Å²) in [6.07, 6.45) is 0.736. The van der Waals surface area contributed by atoms with Gasteiger partial charge >= 0.3 is 14.7 Å². The molecule has 4 unspecified atom stereocenters. The third-order valence-corrected chi connectivity index (χ3v) is 23.0. The first-order valence-corrected chi connectivity index (χ1v) is 24.0. The third-order valence-electron chi connectivity index (χ3n) is 6.12. The van der Waals surface area contributed by atoms with Crippen molar-refractivity contribution in [2.75, 3.05) is 18.6 Å². The highest BCUT2D eigenvalue weighted by atomic mass is 28.5. The van der Waals surface area contributed by atoms with E-state index in [0.717, 1.165) is 36.4 Å². The summed E-state index contributed by atoms with van der Waals surface area (Å²) >= 11 is 0. The zero-order valence-electron chi connectivity index (χ0n) is 20.7. The van der Waals surface area contributed by atoms with Crippen LogP contribution in [0.4, 0.5) is 14.9 Å². The summed E-state index contributed by atoms with van der Waals surface area (Å²) < 4.78 is 38.6. The van der Waals surface area contributed by atoms with Crippen LogP contribution in [-0.4, -0.2) is 64.1 Å². The fraction of sp³-hybridized carbons (Fsp3) is 0.650. The number of hydrogen-bond acceptors (Lipinski definition) is 5. The Balaban J connectivity index is 2.10. The van der Waals surface area contributed by atoms with Gasteiger partial charge < -0.3 is 16.8 Å². The van der Waals surface area contributed by atoms with Gasteiger partial charge in [-0.3, -0.25) is 4.90 Å². The van der Waals surface area contributed by atoms with Gasteiger partial charge in [-0.2, -0.15) is 0 Å². The van der Waals surface area contributed by atoms with Crippen molar-refractivity contribution in [1.29, 1.82) is 0 Å². The van der Waals surface area contributed by atoms with Gasteiger partial charge in [0.2, 0.25) is 0 Å². The maximum atomic E-state index is 13.2. The van der Waals surface area contributed by atoms with Crippen LogP contribution in [0.25, 0.3) is 0 Å². The standard InChI is InChI=1S/C20H40FNO5Si5/c1-22(20(21)23)18-11-10-12-19(17-18)31(5,6)15-16-32(7)24-13-8-9-14-28(2)25-29(3)26-30(4)27-32/h10-12,17,28-30H,8-9,13-16H2,1-7H3. The van der Waals surface area contributed by atoms with Crippen LogP contribution in [0.1, 0.15) is 12.8 Å². The monoisotopic (exact) mass is 533 g/mol. The summed E-state index contributed by atoms with van der Waals surface area (Å²) in [7, 11) is -7.41. The lowest BCUT2D eigenvalue weighted by Gasteiger charge is -2.34. The van der Waals surface area contributed by atoms with Crippen LogP contribution >= 0.6 is 0 Å². The molecule has 0 aromatic heterocycles. The number of anilines is 1. The van der Waals surface area contributed by atoms with Crippen molar-refractivity contribution in [3.63, 3.8) is 0 Å². The molecular weight excluding hydrogens is 494 g/mol. The first-order chi connectivity index (χ1) is 14.9. The number of halogens is 1. The van der Waals surface area contributed by atoms with E-state index in [4.69, 9.17) is 16.8 Å². The SMILES string of the molecule is CN(C(=O)F)c1cccc([Si](C)(C)CC[Si]2(C)OCCCC[SiH](C)O[SiH](C)O[SiH](C)O2)c1. The molecule has 4 atom stereocenters. The largest absolute Gasteiger partial charge is 0.441 e. The molecule has 1 fully saturated rings. The van der Waals surface area contributed by atoms with Gasteiger partial charge in [-0.25, -0.2) is 4.79 Å². The number of carbonyl (C=O) groups excluding carboxylic acids is 1. The van der Waals surface area contributed by atoms with Crippen molar-refractivity contribution in [3.8, 4) is 0 Å². The highest BCUT2D eigenvalue weighted by Crippen LogP contribution is 2.25. The van der Waals surface area contributed by atoms with E-state index in [2.05, 4.69) is 45.3 Å². The van der Waals surface area contributed by atoms with Gasteiger partial charge in [0, 0.05) is 19.3 Å². The van der Waals surface area contributed by atoms with Crippen LogP contribution in [0, 0.1) is 0 Å². The van der Waals surface area contributed by atoms with Gasteiger partial charge in [0.1, 0.15) is 0 Å². The van der Waals surface area contributed by atoms with E-state index in [1.54, 1.807) is 6.07 Å². The fourth-order valence-electron chi connectivity index (χ4n) is 3.98. The van der Waals surface area contributed by atoms with Crippen molar-refractivity contribution in [2.24, 2.45) is 0 Å². The van der Waals surface area contributed by atoms with E-state index in [0.29, 0.717) is 5.69 Å². The Morgan fingerprint density at radius 3 is 2.59 bits per heavy atom. The molecule has 32 heavy (non-hydrogen) atoms. The predicted octanol–water partition coefficient (Wildman–Crippen LogP) is 4.11. The van der Waals surface area contributed by atoms with E-state index in [1.807, 2.05) is 12.1 Å². The summed E-state index contributed by atoms with van der Waals surface area (Å²) in [5, 5.41) is 1.20. The highest BCUT2D eigenvalue weighted by molar-refractivity contribution is 6.91. The van der Waals surface area contributed by atoms with Crippen LogP contribution in [0.2, 0.25) is 57.4 Å². The lowest BCUT2D eigenvalue weighted by Crippen LogP contribution is -2.49. The van der Waals surface area contributed by atoms with Crippen molar-refractivity contribution in [3.05, 3.63) is 24.3 Å². The summed E-state index contributed by atoms with van der Waals surface area (Å²) in [6, 6.07) is 10.8. The fourth-order valence-corrected chi connectivity index (χ4v) is 21.7. The quantitative estimate of drug-likeness (QED) is 0.324. The van der Waals surface area contributed by atoms with E-state index in [1.165, 1.54) is 18.3 Å². The highest BCUT2D eigenvalue weighted by Gasteiger charge is 2.38. The second-order valence-corrected chi connectivity index (χ2v) is 25.1. The van der Waals surface area contributed by atoms with Crippen LogP contribution in [0.15, 0.2) is 24.3 Å². The third kappa shape index (κ3) is 8.72. The Morgan fingerprint density at radius 1 is 1.19 bits per heavy atom. The topological polar surface area (TPSA) is 57.2 Å². The van der Waals surface area contributed by atoms with Gasteiger partial charge in [-0.05, 0) is 56.8 Å². The number of carbonyl (C=O) groups is 1. The lowest BCUT2D eigenvalue weighted by atomic mass is 10.3. The molecular formula is C20H40FNO5Si5. The predicted molar refractivity (Wildman–Crippen MR) is 142 cm³/mol. The van der Waals surface area contributed by atoms with Crippen molar-refractivity contribution < 1.29 is 26.0 Å². The average molecular weight is 534 g/mol. The molecule has 1 aliphatic rings. The van der Waals surface area contributed by atoms with Gasteiger partial charge in [0.05, 0.1) is 8.07 Å². The minimum absolute atomic E-state index is 0.587. The molecule has 1 aliphatic heterocycles. The molecule has 0 saturated carbocycles. The zero-order chi connectivity index (χ0) is 23.9. The van der Waals surface area contributed by atoms with E-state index in [-0.39, 0.29) is 0 Å². The average Bonchev–Trinajstić information content (AvgIpc) is 2.70. The molecule has 0 radical (unpaired) electrons. The van der Waals surface area contributed by atoms with Gasteiger partial charge in [0.25, 0.3) is 18.6 Å². The number of hydrogen-bond donors (Lipinski definition) is 0. The van der Waals surface area contributed by atoms with Gasteiger partial charge in [-0.1, -0.05) is 42.9 Å². The Morgan fingerprint density at radius 2 is 1.91 bits per heavy atom. The summed E-state index contributed by atoms with van der Waals surface area (Å²) in [4.78, 5) is 12.2. The molecule has 1 aromatic carbocycles. The molecule has 12 heteroatoms.